The molecule has 3 rings (SSSR count). The summed E-state index contributed by atoms with van der Waals surface area (Å²) in [6.07, 6.45) is -0.0513. The van der Waals surface area contributed by atoms with E-state index in [4.69, 9.17) is 37.4 Å². The molecule has 1 aliphatic heterocycles. The van der Waals surface area contributed by atoms with Gasteiger partial charge >= 0.3 is 6.09 Å². The van der Waals surface area contributed by atoms with Crippen LogP contribution in [0.15, 0.2) is 30.3 Å². The molecule has 2 atom stereocenters. The maximum atomic E-state index is 13.2. The predicted octanol–water partition coefficient (Wildman–Crippen LogP) is 5.17. The molecule has 7 nitrogen and oxygen atoms in total. The Morgan fingerprint density at radius 3 is 2.28 bits per heavy atom. The maximum Gasteiger partial charge on any atom is 0.414 e. The van der Waals surface area contributed by atoms with Gasteiger partial charge in [0.05, 0.1) is 32.4 Å². The fourth-order valence-electron chi connectivity index (χ4n) is 3.93. The Bertz CT molecular complexity index is 994. The Kier molecular flexibility index (Phi) is 7.74. The van der Waals surface area contributed by atoms with E-state index < -0.39 is 12.0 Å². The number of ether oxygens (including phenoxy) is 3. The molecule has 0 bridgehead atoms. The summed E-state index contributed by atoms with van der Waals surface area (Å²) in [6, 6.07) is 8.32. The minimum Gasteiger partial charge on any atom is -0.493 e. The number of fused-ring (bicyclic) bond motifs is 1. The van der Waals surface area contributed by atoms with Gasteiger partial charge in [0, 0.05) is 28.7 Å². The number of anilines is 1. The average Bonchev–Trinajstić information content (AvgIpc) is 2.75. The fraction of sp³-hybridized carbons (Fsp3) is 0.391. The van der Waals surface area contributed by atoms with E-state index in [0.717, 1.165) is 5.56 Å². The number of rotatable bonds is 6. The third-order valence-corrected chi connectivity index (χ3v) is 5.79. The second kappa shape index (κ2) is 10.3. The average molecular weight is 481 g/mol. The molecule has 2 unspecified atom stereocenters. The molecule has 1 heterocycles. The van der Waals surface area contributed by atoms with Gasteiger partial charge in [-0.15, -0.1) is 0 Å². The number of hydrogen-bond donors (Lipinski definition) is 1. The van der Waals surface area contributed by atoms with Crippen molar-refractivity contribution in [2.45, 2.75) is 38.8 Å². The van der Waals surface area contributed by atoms with Crippen molar-refractivity contribution in [3.05, 3.63) is 51.5 Å². The maximum absolute atomic E-state index is 13.2. The highest BCUT2D eigenvalue weighted by Gasteiger charge is 2.39. The van der Waals surface area contributed by atoms with E-state index in [-0.39, 0.29) is 25.1 Å². The number of halogens is 2. The number of methoxy groups -OCH3 is 2. The number of benzene rings is 2. The van der Waals surface area contributed by atoms with E-state index in [1.54, 1.807) is 42.2 Å². The molecule has 172 valence electrons. The van der Waals surface area contributed by atoms with E-state index >= 15 is 0 Å². The second-order valence-corrected chi connectivity index (χ2v) is 8.34. The van der Waals surface area contributed by atoms with Gasteiger partial charge in [-0.05, 0) is 55.7 Å². The second-order valence-electron chi connectivity index (χ2n) is 7.47. The van der Waals surface area contributed by atoms with Gasteiger partial charge < -0.3 is 19.5 Å². The molecule has 0 saturated carbocycles. The molecular formula is C23H26Cl2N2O5. The Labute approximate surface area is 197 Å². The summed E-state index contributed by atoms with van der Waals surface area (Å²) in [6.45, 7) is 4.15. The molecule has 0 aliphatic carbocycles. The first-order valence-corrected chi connectivity index (χ1v) is 11.0. The van der Waals surface area contributed by atoms with Gasteiger partial charge in [-0.1, -0.05) is 23.2 Å². The first-order chi connectivity index (χ1) is 15.3. The van der Waals surface area contributed by atoms with E-state index in [9.17, 15) is 9.59 Å². The van der Waals surface area contributed by atoms with Crippen molar-refractivity contribution in [1.29, 1.82) is 0 Å². The zero-order valence-corrected chi connectivity index (χ0v) is 19.9. The Hall–Kier alpha value is -2.64. The van der Waals surface area contributed by atoms with Gasteiger partial charge in [0.15, 0.2) is 11.5 Å². The van der Waals surface area contributed by atoms with Crippen LogP contribution >= 0.6 is 23.2 Å². The lowest BCUT2D eigenvalue weighted by atomic mass is 9.85. The number of carbonyl (C=O) groups excluding carboxylic acids is 2. The predicted molar refractivity (Wildman–Crippen MR) is 124 cm³/mol. The Balaban J connectivity index is 1.95. The topological polar surface area (TPSA) is 77.1 Å². The van der Waals surface area contributed by atoms with Crippen LogP contribution in [0.5, 0.6) is 11.5 Å². The van der Waals surface area contributed by atoms with Crippen molar-refractivity contribution in [2.75, 3.05) is 25.7 Å². The highest BCUT2D eigenvalue weighted by atomic mass is 35.5. The number of nitrogens with one attached hydrogen (secondary N) is 1. The van der Waals surface area contributed by atoms with Gasteiger partial charge in [0.25, 0.3) is 0 Å². The molecule has 1 aliphatic rings. The number of nitrogens with zero attached hydrogens (tertiary/aromatic N) is 1. The summed E-state index contributed by atoms with van der Waals surface area (Å²) in [5.41, 5.74) is 2.02. The first-order valence-electron chi connectivity index (χ1n) is 10.2. The molecule has 0 radical (unpaired) electrons. The Morgan fingerprint density at radius 2 is 1.69 bits per heavy atom. The summed E-state index contributed by atoms with van der Waals surface area (Å²) in [5.74, 6) is 0.261. The van der Waals surface area contributed by atoms with Crippen molar-refractivity contribution < 1.29 is 23.8 Å². The van der Waals surface area contributed by atoms with Gasteiger partial charge in [0.2, 0.25) is 5.91 Å². The van der Waals surface area contributed by atoms with Crippen LogP contribution in [-0.2, 0) is 16.1 Å². The van der Waals surface area contributed by atoms with Crippen LogP contribution in [0.3, 0.4) is 0 Å². The number of hydrogen-bond acceptors (Lipinski definition) is 5. The zero-order chi connectivity index (χ0) is 23.4. The molecule has 2 aromatic carbocycles. The lowest BCUT2D eigenvalue weighted by Gasteiger charge is -2.38. The monoisotopic (exact) mass is 480 g/mol. The molecule has 2 amide bonds. The lowest BCUT2D eigenvalue weighted by molar-refractivity contribution is -0.123. The van der Waals surface area contributed by atoms with E-state index in [1.165, 1.54) is 14.2 Å². The largest absolute Gasteiger partial charge is 0.493 e. The highest BCUT2D eigenvalue weighted by Crippen LogP contribution is 2.44. The van der Waals surface area contributed by atoms with Gasteiger partial charge in [-0.3, -0.25) is 9.69 Å². The van der Waals surface area contributed by atoms with Crippen LogP contribution in [0.2, 0.25) is 10.0 Å². The normalized spacial score (nSPS) is 17.4. The van der Waals surface area contributed by atoms with Crippen molar-refractivity contribution in [2.24, 2.45) is 0 Å². The SMILES string of the molecule is CCOC(=O)N1c2cc(OC)c(OC)cc2C(C(=O)NCc2cc(Cl)cc(Cl)c2)CC1C. The first kappa shape index (κ1) is 24.0. The third kappa shape index (κ3) is 5.05. The van der Waals surface area contributed by atoms with Crippen LogP contribution in [0.1, 0.15) is 37.3 Å². The third-order valence-electron chi connectivity index (χ3n) is 5.36. The van der Waals surface area contributed by atoms with Crippen molar-refractivity contribution >= 4 is 40.9 Å². The summed E-state index contributed by atoms with van der Waals surface area (Å²) in [5, 5.41) is 3.96. The molecular weight excluding hydrogens is 455 g/mol. The van der Waals surface area contributed by atoms with E-state index in [2.05, 4.69) is 5.32 Å². The summed E-state index contributed by atoms with van der Waals surface area (Å²) in [7, 11) is 3.04. The molecule has 9 heteroatoms. The minimum absolute atomic E-state index is 0.176. The van der Waals surface area contributed by atoms with Crippen LogP contribution < -0.4 is 19.7 Å². The fourth-order valence-corrected chi connectivity index (χ4v) is 4.50. The molecule has 0 spiro atoms. The smallest absolute Gasteiger partial charge is 0.414 e. The molecule has 0 saturated heterocycles. The lowest BCUT2D eigenvalue weighted by Crippen LogP contribution is -2.46. The summed E-state index contributed by atoms with van der Waals surface area (Å²) >= 11 is 12.1. The van der Waals surface area contributed by atoms with Crippen LogP contribution in [0.25, 0.3) is 0 Å². The van der Waals surface area contributed by atoms with Gasteiger partial charge in [-0.25, -0.2) is 4.79 Å². The van der Waals surface area contributed by atoms with E-state index in [0.29, 0.717) is 39.2 Å². The van der Waals surface area contributed by atoms with Crippen LogP contribution in [-0.4, -0.2) is 38.9 Å². The van der Waals surface area contributed by atoms with Gasteiger partial charge in [-0.2, -0.15) is 0 Å². The standard InChI is InChI=1S/C23H26Cl2N2O5/c1-5-32-23(29)27-13(2)6-18(17-10-20(30-3)21(31-4)11-19(17)27)22(28)26-12-14-7-15(24)9-16(25)8-14/h7-11,13,18H,5-6,12H2,1-4H3,(H,26,28). The van der Waals surface area contributed by atoms with Gasteiger partial charge in [0.1, 0.15) is 0 Å². The van der Waals surface area contributed by atoms with Crippen LogP contribution in [0.4, 0.5) is 10.5 Å². The zero-order valence-electron chi connectivity index (χ0n) is 18.4. The van der Waals surface area contributed by atoms with Crippen molar-refractivity contribution in [3.8, 4) is 11.5 Å². The molecule has 1 N–H and O–H groups in total. The molecule has 0 aromatic heterocycles. The van der Waals surface area contributed by atoms with E-state index in [1.807, 2.05) is 6.92 Å². The minimum atomic E-state index is -0.500. The Morgan fingerprint density at radius 1 is 1.06 bits per heavy atom. The molecule has 2 aromatic rings. The molecule has 32 heavy (non-hydrogen) atoms. The number of carbonyl (C=O) groups is 2. The summed E-state index contributed by atoms with van der Waals surface area (Å²) in [4.78, 5) is 27.5. The summed E-state index contributed by atoms with van der Waals surface area (Å²) < 4.78 is 16.1. The number of amides is 2. The highest BCUT2D eigenvalue weighted by molar-refractivity contribution is 6.34. The van der Waals surface area contributed by atoms with Crippen molar-refractivity contribution in [1.82, 2.24) is 5.32 Å². The quantitative estimate of drug-likeness (QED) is 0.617. The van der Waals surface area contributed by atoms with Crippen LogP contribution in [0, 0.1) is 0 Å². The molecule has 0 fully saturated rings. The van der Waals surface area contributed by atoms with Crippen molar-refractivity contribution in [3.63, 3.8) is 0 Å².